The first-order valence-corrected chi connectivity index (χ1v) is 6.80. The number of benzene rings is 1. The van der Waals surface area contributed by atoms with Gasteiger partial charge in [0, 0.05) is 12.1 Å². The van der Waals surface area contributed by atoms with Gasteiger partial charge in [-0.1, -0.05) is 6.07 Å². The Labute approximate surface area is 113 Å². The standard InChI is InChI=1S/C16H19NO2/c1-17-9-12-7-16(18-10-12)11-19-15-6-5-13-3-2-4-14(13)8-15/h5-8,10,17H,2-4,9,11H2,1H3. The van der Waals surface area contributed by atoms with Gasteiger partial charge in [-0.15, -0.1) is 0 Å². The highest BCUT2D eigenvalue weighted by Gasteiger charge is 2.11. The zero-order chi connectivity index (χ0) is 13.1. The molecule has 1 aromatic heterocycles. The molecule has 0 spiro atoms. The molecule has 2 aromatic rings. The Kier molecular flexibility index (Phi) is 3.56. The van der Waals surface area contributed by atoms with E-state index in [1.807, 2.05) is 13.1 Å². The summed E-state index contributed by atoms with van der Waals surface area (Å²) in [5.41, 5.74) is 4.06. The van der Waals surface area contributed by atoms with E-state index >= 15 is 0 Å². The summed E-state index contributed by atoms with van der Waals surface area (Å²) >= 11 is 0. The van der Waals surface area contributed by atoms with Gasteiger partial charge in [0.25, 0.3) is 0 Å². The van der Waals surface area contributed by atoms with Crippen molar-refractivity contribution in [2.45, 2.75) is 32.4 Å². The molecule has 1 heterocycles. The zero-order valence-electron chi connectivity index (χ0n) is 11.2. The second-order valence-electron chi connectivity index (χ2n) is 5.02. The van der Waals surface area contributed by atoms with Crippen molar-refractivity contribution in [1.29, 1.82) is 0 Å². The number of nitrogens with one attached hydrogen (secondary N) is 1. The molecule has 0 aliphatic heterocycles. The zero-order valence-corrected chi connectivity index (χ0v) is 11.2. The van der Waals surface area contributed by atoms with E-state index in [1.54, 1.807) is 6.26 Å². The molecule has 1 aromatic carbocycles. The average Bonchev–Trinajstić information content (AvgIpc) is 3.04. The van der Waals surface area contributed by atoms with Crippen LogP contribution in [0.3, 0.4) is 0 Å². The van der Waals surface area contributed by atoms with Crippen LogP contribution in [0.5, 0.6) is 5.75 Å². The van der Waals surface area contributed by atoms with Gasteiger partial charge in [-0.25, -0.2) is 0 Å². The molecule has 0 saturated carbocycles. The quantitative estimate of drug-likeness (QED) is 0.894. The van der Waals surface area contributed by atoms with Crippen LogP contribution in [-0.4, -0.2) is 7.05 Å². The number of rotatable bonds is 5. The first kappa shape index (κ1) is 12.3. The van der Waals surface area contributed by atoms with Crippen LogP contribution in [-0.2, 0) is 26.0 Å². The van der Waals surface area contributed by atoms with Crippen LogP contribution in [0.2, 0.25) is 0 Å². The summed E-state index contributed by atoms with van der Waals surface area (Å²) in [5.74, 6) is 1.80. The monoisotopic (exact) mass is 257 g/mol. The highest BCUT2D eigenvalue weighted by molar-refractivity contribution is 5.38. The molecule has 1 aliphatic rings. The lowest BCUT2D eigenvalue weighted by atomic mass is 10.1. The molecular formula is C16H19NO2. The van der Waals surface area contributed by atoms with Crippen molar-refractivity contribution in [3.63, 3.8) is 0 Å². The molecule has 0 unspecified atom stereocenters. The number of ether oxygens (including phenoxy) is 1. The van der Waals surface area contributed by atoms with Crippen molar-refractivity contribution >= 4 is 0 Å². The van der Waals surface area contributed by atoms with Crippen LogP contribution >= 0.6 is 0 Å². The minimum Gasteiger partial charge on any atom is -0.486 e. The lowest BCUT2D eigenvalue weighted by Gasteiger charge is -2.06. The normalized spacial score (nSPS) is 13.5. The lowest BCUT2D eigenvalue weighted by Crippen LogP contribution is -2.03. The molecule has 100 valence electrons. The minimum absolute atomic E-state index is 0.489. The molecule has 0 saturated heterocycles. The second kappa shape index (κ2) is 5.49. The van der Waals surface area contributed by atoms with E-state index in [0.717, 1.165) is 23.6 Å². The van der Waals surface area contributed by atoms with Gasteiger partial charge in [-0.05, 0) is 55.6 Å². The molecular weight excluding hydrogens is 238 g/mol. The maximum atomic E-state index is 5.79. The maximum absolute atomic E-state index is 5.79. The molecule has 0 radical (unpaired) electrons. The molecule has 1 N–H and O–H groups in total. The van der Waals surface area contributed by atoms with Gasteiger partial charge in [0.05, 0.1) is 6.26 Å². The number of aryl methyl sites for hydroxylation is 2. The first-order valence-electron chi connectivity index (χ1n) is 6.80. The summed E-state index contributed by atoms with van der Waals surface area (Å²) < 4.78 is 11.3. The fourth-order valence-electron chi connectivity index (χ4n) is 2.59. The van der Waals surface area contributed by atoms with Crippen LogP contribution < -0.4 is 10.1 Å². The van der Waals surface area contributed by atoms with Crippen LogP contribution in [0, 0.1) is 0 Å². The Morgan fingerprint density at radius 3 is 3.00 bits per heavy atom. The third kappa shape index (κ3) is 2.82. The maximum Gasteiger partial charge on any atom is 0.146 e. The van der Waals surface area contributed by atoms with Gasteiger partial charge in [0.2, 0.25) is 0 Å². The predicted octanol–water partition coefficient (Wildman–Crippen LogP) is 3.07. The van der Waals surface area contributed by atoms with E-state index in [0.29, 0.717) is 6.61 Å². The van der Waals surface area contributed by atoms with E-state index in [-0.39, 0.29) is 0 Å². The van der Waals surface area contributed by atoms with Crippen LogP contribution in [0.1, 0.15) is 28.9 Å². The number of fused-ring (bicyclic) bond motifs is 1. The van der Waals surface area contributed by atoms with E-state index < -0.39 is 0 Å². The molecule has 0 bridgehead atoms. The van der Waals surface area contributed by atoms with Gasteiger partial charge in [0.1, 0.15) is 18.1 Å². The van der Waals surface area contributed by atoms with Gasteiger partial charge >= 0.3 is 0 Å². The van der Waals surface area contributed by atoms with Gasteiger partial charge in [-0.3, -0.25) is 0 Å². The molecule has 0 fully saturated rings. The van der Waals surface area contributed by atoms with Crippen molar-refractivity contribution < 1.29 is 9.15 Å². The fraction of sp³-hybridized carbons (Fsp3) is 0.375. The summed E-state index contributed by atoms with van der Waals surface area (Å²) in [7, 11) is 1.92. The molecule has 1 aliphatic carbocycles. The highest BCUT2D eigenvalue weighted by atomic mass is 16.5. The summed E-state index contributed by atoms with van der Waals surface area (Å²) in [6, 6.07) is 8.44. The van der Waals surface area contributed by atoms with Gasteiger partial charge < -0.3 is 14.5 Å². The van der Waals surface area contributed by atoms with Crippen LogP contribution in [0.15, 0.2) is 34.9 Å². The summed E-state index contributed by atoms with van der Waals surface area (Å²) in [5, 5.41) is 3.10. The van der Waals surface area contributed by atoms with E-state index in [2.05, 4.69) is 23.5 Å². The van der Waals surface area contributed by atoms with Crippen molar-refractivity contribution in [1.82, 2.24) is 5.32 Å². The third-order valence-electron chi connectivity index (χ3n) is 3.54. The third-order valence-corrected chi connectivity index (χ3v) is 3.54. The molecule has 0 atom stereocenters. The number of furan rings is 1. The van der Waals surface area contributed by atoms with Crippen LogP contribution in [0.4, 0.5) is 0 Å². The summed E-state index contributed by atoms with van der Waals surface area (Å²) in [6.07, 6.45) is 5.43. The molecule has 19 heavy (non-hydrogen) atoms. The average molecular weight is 257 g/mol. The Bertz CT molecular complexity index is 560. The predicted molar refractivity (Wildman–Crippen MR) is 74.3 cm³/mol. The van der Waals surface area contributed by atoms with E-state index in [4.69, 9.17) is 9.15 Å². The minimum atomic E-state index is 0.489. The largest absolute Gasteiger partial charge is 0.486 e. The number of hydrogen-bond donors (Lipinski definition) is 1. The Morgan fingerprint density at radius 1 is 1.21 bits per heavy atom. The number of hydrogen-bond acceptors (Lipinski definition) is 3. The SMILES string of the molecule is CNCc1coc(COc2ccc3c(c2)CCC3)c1. The van der Waals surface area contributed by atoms with Gasteiger partial charge in [-0.2, -0.15) is 0 Å². The second-order valence-corrected chi connectivity index (χ2v) is 5.02. The van der Waals surface area contributed by atoms with Gasteiger partial charge in [0.15, 0.2) is 0 Å². The van der Waals surface area contributed by atoms with E-state index in [9.17, 15) is 0 Å². The van der Waals surface area contributed by atoms with Crippen molar-refractivity contribution in [3.8, 4) is 5.75 Å². The van der Waals surface area contributed by atoms with Crippen molar-refractivity contribution in [2.75, 3.05) is 7.05 Å². The topological polar surface area (TPSA) is 34.4 Å². The smallest absolute Gasteiger partial charge is 0.146 e. The van der Waals surface area contributed by atoms with Crippen molar-refractivity contribution in [2.24, 2.45) is 0 Å². The fourth-order valence-corrected chi connectivity index (χ4v) is 2.59. The molecule has 3 rings (SSSR count). The Balaban J connectivity index is 1.62. The Morgan fingerprint density at radius 2 is 2.11 bits per heavy atom. The molecule has 0 amide bonds. The first-order chi connectivity index (χ1) is 9.35. The summed E-state index contributed by atoms with van der Waals surface area (Å²) in [4.78, 5) is 0. The lowest BCUT2D eigenvalue weighted by molar-refractivity contribution is 0.270. The van der Waals surface area contributed by atoms with Crippen LogP contribution in [0.25, 0.3) is 0 Å². The van der Waals surface area contributed by atoms with E-state index in [1.165, 1.54) is 30.4 Å². The Hall–Kier alpha value is -1.74. The summed E-state index contributed by atoms with van der Waals surface area (Å²) in [6.45, 7) is 1.31. The highest BCUT2D eigenvalue weighted by Crippen LogP contribution is 2.26. The molecule has 3 heteroatoms. The molecule has 3 nitrogen and oxygen atoms in total. The van der Waals surface area contributed by atoms with Crippen molar-refractivity contribution in [3.05, 3.63) is 53.0 Å².